The highest BCUT2D eigenvalue weighted by atomic mass is 79.9. The third-order valence-corrected chi connectivity index (χ3v) is 8.31. The molecule has 0 saturated heterocycles. The molecule has 4 N–H and O–H groups in total. The van der Waals surface area contributed by atoms with Crippen LogP contribution in [0.2, 0.25) is 0 Å². The van der Waals surface area contributed by atoms with E-state index in [4.69, 9.17) is 5.73 Å². The van der Waals surface area contributed by atoms with E-state index in [2.05, 4.69) is 26.2 Å². The molecule has 212 valence electrons. The Labute approximate surface area is 248 Å². The van der Waals surface area contributed by atoms with Gasteiger partial charge in [-0.1, -0.05) is 48.5 Å². The molecule has 9 heteroatoms. The zero-order valence-corrected chi connectivity index (χ0v) is 25.2. The number of para-hydroxylation sites is 2. The zero-order valence-electron chi connectivity index (χ0n) is 23.6. The fraction of sp³-hybridized carbons (Fsp3) is 0.281. The smallest absolute Gasteiger partial charge is 0.273 e. The Morgan fingerprint density at radius 1 is 1.10 bits per heavy atom. The first-order valence-corrected chi connectivity index (χ1v) is 14.5. The molecule has 1 aliphatic heterocycles. The van der Waals surface area contributed by atoms with E-state index in [-0.39, 0.29) is 18.4 Å². The molecule has 3 amide bonds. The maximum Gasteiger partial charge on any atom is 0.273 e. The van der Waals surface area contributed by atoms with Crippen LogP contribution >= 0.6 is 15.9 Å². The summed E-state index contributed by atoms with van der Waals surface area (Å²) in [5, 5.41) is 6.75. The van der Waals surface area contributed by atoms with Crippen LogP contribution in [0.4, 0.5) is 5.69 Å². The molecule has 0 radical (unpaired) electrons. The predicted octanol–water partition coefficient (Wildman–Crippen LogP) is 5.48. The van der Waals surface area contributed by atoms with Crippen LogP contribution in [0.25, 0.3) is 22.2 Å². The number of nitrogens with one attached hydrogen (secondary N) is 2. The summed E-state index contributed by atoms with van der Waals surface area (Å²) in [6.45, 7) is 7.22. The molecular formula is C32H34BrN5O3. The van der Waals surface area contributed by atoms with Crippen molar-refractivity contribution in [1.82, 2.24) is 15.3 Å². The molecule has 41 heavy (non-hydrogen) atoms. The summed E-state index contributed by atoms with van der Waals surface area (Å²) >= 11 is 3.75. The standard InChI is InChI=1S/C32H34BrN5O3/c1-5-37(38-25-16-9-6-12-20(25)17-18-24(30(38)40)36-31(41)32(3,4)34)29(39)22-14-10-11-19(2)26(22)28-27(33)21-13-7-8-15-23(21)35-28/h6-16,24,35H,5,17-18,34H2,1-4H3,(H,36,41). The molecule has 3 aromatic carbocycles. The van der Waals surface area contributed by atoms with E-state index < -0.39 is 17.5 Å². The topological polar surface area (TPSA) is 112 Å². The van der Waals surface area contributed by atoms with Crippen LogP contribution in [0.15, 0.2) is 71.2 Å². The van der Waals surface area contributed by atoms with Gasteiger partial charge >= 0.3 is 0 Å². The summed E-state index contributed by atoms with van der Waals surface area (Å²) in [6, 6.07) is 20.2. The second-order valence-corrected chi connectivity index (χ2v) is 11.7. The number of hydrogen-bond donors (Lipinski definition) is 3. The number of halogens is 1. The van der Waals surface area contributed by atoms with Gasteiger partial charge in [0.1, 0.15) is 6.04 Å². The van der Waals surface area contributed by atoms with Crippen molar-refractivity contribution in [3.63, 3.8) is 0 Å². The van der Waals surface area contributed by atoms with Crippen LogP contribution < -0.4 is 16.1 Å². The average molecular weight is 617 g/mol. The third-order valence-electron chi connectivity index (χ3n) is 7.49. The summed E-state index contributed by atoms with van der Waals surface area (Å²) in [5.74, 6) is -1.14. The van der Waals surface area contributed by atoms with E-state index in [0.29, 0.717) is 24.1 Å². The van der Waals surface area contributed by atoms with Gasteiger partial charge in [-0.25, -0.2) is 10.0 Å². The van der Waals surface area contributed by atoms with Crippen molar-refractivity contribution in [2.45, 2.75) is 52.1 Å². The number of hydrogen-bond acceptors (Lipinski definition) is 4. The molecule has 1 aliphatic rings. The minimum absolute atomic E-state index is 0.225. The Bertz CT molecular complexity index is 1650. The predicted molar refractivity (Wildman–Crippen MR) is 165 cm³/mol. The minimum Gasteiger partial charge on any atom is -0.354 e. The molecule has 5 rings (SSSR count). The number of anilines is 1. The normalized spacial score (nSPS) is 15.4. The van der Waals surface area contributed by atoms with Crippen LogP contribution in [0.1, 0.15) is 48.7 Å². The summed E-state index contributed by atoms with van der Waals surface area (Å²) in [5.41, 5.74) is 10.3. The molecule has 1 unspecified atom stereocenters. The van der Waals surface area contributed by atoms with E-state index in [1.807, 2.05) is 74.5 Å². The van der Waals surface area contributed by atoms with Gasteiger partial charge in [0.25, 0.3) is 11.8 Å². The lowest BCUT2D eigenvalue weighted by Crippen LogP contribution is -2.59. The highest BCUT2D eigenvalue weighted by Gasteiger charge is 2.38. The molecule has 1 atom stereocenters. The zero-order chi connectivity index (χ0) is 29.5. The monoisotopic (exact) mass is 615 g/mol. The summed E-state index contributed by atoms with van der Waals surface area (Å²) in [7, 11) is 0. The van der Waals surface area contributed by atoms with Crippen molar-refractivity contribution in [3.8, 4) is 11.3 Å². The number of rotatable bonds is 6. The van der Waals surface area contributed by atoms with Crippen LogP contribution in [-0.4, -0.2) is 45.8 Å². The largest absolute Gasteiger partial charge is 0.354 e. The van der Waals surface area contributed by atoms with Crippen LogP contribution in [0, 0.1) is 6.92 Å². The van der Waals surface area contributed by atoms with Gasteiger partial charge in [0, 0.05) is 23.0 Å². The number of carbonyl (C=O) groups excluding carboxylic acids is 3. The molecule has 8 nitrogen and oxygen atoms in total. The Morgan fingerprint density at radius 2 is 1.80 bits per heavy atom. The van der Waals surface area contributed by atoms with Crippen LogP contribution in [0.5, 0.6) is 0 Å². The van der Waals surface area contributed by atoms with Gasteiger partial charge in [-0.2, -0.15) is 0 Å². The fourth-order valence-electron chi connectivity index (χ4n) is 5.32. The van der Waals surface area contributed by atoms with Gasteiger partial charge in [-0.15, -0.1) is 0 Å². The Hall–Kier alpha value is -3.95. The van der Waals surface area contributed by atoms with Gasteiger partial charge in [0.05, 0.1) is 27.0 Å². The number of aromatic nitrogens is 1. The van der Waals surface area contributed by atoms with Gasteiger partial charge in [-0.05, 0) is 85.8 Å². The maximum atomic E-state index is 14.5. The second kappa shape index (κ2) is 11.1. The number of nitrogens with two attached hydrogens (primary N) is 1. The molecule has 0 aliphatic carbocycles. The van der Waals surface area contributed by atoms with Gasteiger partial charge < -0.3 is 16.0 Å². The van der Waals surface area contributed by atoms with E-state index in [9.17, 15) is 14.4 Å². The summed E-state index contributed by atoms with van der Waals surface area (Å²) in [4.78, 5) is 44.9. The van der Waals surface area contributed by atoms with Crippen molar-refractivity contribution in [2.24, 2.45) is 5.73 Å². The molecule has 0 fully saturated rings. The number of carbonyl (C=O) groups is 3. The number of H-pyrrole nitrogens is 1. The molecule has 0 spiro atoms. The van der Waals surface area contributed by atoms with Gasteiger partial charge in [0.15, 0.2) is 0 Å². The molecular weight excluding hydrogens is 582 g/mol. The first-order chi connectivity index (χ1) is 19.5. The van der Waals surface area contributed by atoms with Crippen molar-refractivity contribution in [1.29, 1.82) is 0 Å². The summed E-state index contributed by atoms with van der Waals surface area (Å²) in [6.07, 6.45) is 0.940. The quantitative estimate of drug-likeness (QED) is 0.266. The number of fused-ring (bicyclic) bond motifs is 2. The van der Waals surface area contributed by atoms with Crippen molar-refractivity contribution in [3.05, 3.63) is 87.9 Å². The molecule has 2 heterocycles. The highest BCUT2D eigenvalue weighted by Crippen LogP contribution is 2.39. The van der Waals surface area contributed by atoms with E-state index in [0.717, 1.165) is 37.8 Å². The number of aryl methyl sites for hydroxylation is 2. The maximum absolute atomic E-state index is 14.5. The Kier molecular flexibility index (Phi) is 7.76. The average Bonchev–Trinajstić information content (AvgIpc) is 3.21. The molecule has 0 bridgehead atoms. The summed E-state index contributed by atoms with van der Waals surface area (Å²) < 4.78 is 0.864. The number of hydrazine groups is 1. The molecule has 4 aromatic rings. The van der Waals surface area contributed by atoms with E-state index in [1.54, 1.807) is 19.9 Å². The lowest BCUT2D eigenvalue weighted by atomic mass is 9.98. The van der Waals surface area contributed by atoms with Crippen LogP contribution in [0.3, 0.4) is 0 Å². The number of aromatic amines is 1. The van der Waals surface area contributed by atoms with Crippen molar-refractivity contribution < 1.29 is 14.4 Å². The number of nitrogens with zero attached hydrogens (tertiary/aromatic N) is 2. The minimum atomic E-state index is -1.16. The third kappa shape index (κ3) is 5.27. The Balaban J connectivity index is 1.61. The molecule has 1 aromatic heterocycles. The van der Waals surface area contributed by atoms with Gasteiger partial charge in [0.2, 0.25) is 5.91 Å². The first kappa shape index (κ1) is 28.6. The Morgan fingerprint density at radius 3 is 2.51 bits per heavy atom. The van der Waals surface area contributed by atoms with Crippen molar-refractivity contribution >= 4 is 50.2 Å². The number of benzene rings is 3. The van der Waals surface area contributed by atoms with Crippen molar-refractivity contribution in [2.75, 3.05) is 11.6 Å². The van der Waals surface area contributed by atoms with Gasteiger partial charge in [-0.3, -0.25) is 14.4 Å². The highest BCUT2D eigenvalue weighted by molar-refractivity contribution is 9.10. The van der Waals surface area contributed by atoms with Crippen LogP contribution in [-0.2, 0) is 16.0 Å². The first-order valence-electron chi connectivity index (χ1n) is 13.7. The molecule has 0 saturated carbocycles. The second-order valence-electron chi connectivity index (χ2n) is 10.9. The SMILES string of the molecule is CCN(C(=O)c1cccc(C)c1-c1[nH]c2ccccc2c1Br)N1C(=O)C(NC(=O)C(C)(C)N)CCc2ccccc21. The lowest BCUT2D eigenvalue weighted by Gasteiger charge is -2.36. The van der Waals surface area contributed by atoms with E-state index >= 15 is 0 Å². The lowest BCUT2D eigenvalue weighted by molar-refractivity contribution is -0.131. The van der Waals surface area contributed by atoms with E-state index in [1.165, 1.54) is 10.0 Å². The number of amides is 3. The fourth-order valence-corrected chi connectivity index (χ4v) is 5.96.